The number of hydrogen-bond donors (Lipinski definition) is 2. The number of anilines is 1. The quantitative estimate of drug-likeness (QED) is 0.795. The van der Waals surface area contributed by atoms with Gasteiger partial charge in [-0.1, -0.05) is 0 Å². The molecule has 2 N–H and O–H groups in total. The van der Waals surface area contributed by atoms with Crippen molar-refractivity contribution in [1.82, 2.24) is 15.0 Å². The highest BCUT2D eigenvalue weighted by Crippen LogP contribution is 2.57. The third kappa shape index (κ3) is 2.57. The van der Waals surface area contributed by atoms with Crippen molar-refractivity contribution in [2.45, 2.75) is 32.1 Å². The van der Waals surface area contributed by atoms with Gasteiger partial charge in [0.15, 0.2) is 0 Å². The summed E-state index contributed by atoms with van der Waals surface area (Å²) in [5, 5.41) is 10.4. The first-order valence-corrected chi connectivity index (χ1v) is 9.45. The largest absolute Gasteiger partial charge is 0.465 e. The number of fused-ring (bicyclic) bond motifs is 1. The summed E-state index contributed by atoms with van der Waals surface area (Å²) in [4.78, 5) is 26.9. The SMILES string of the molecule is O=C(OCC1(CO)CC1)[C@H]1CCN(c2ncnc3[nH]ccc23)CC12CC2. The Labute approximate surface area is 151 Å². The highest BCUT2D eigenvalue weighted by atomic mass is 16.5. The standard InChI is InChI=1S/C19H24N4O3/c24-10-18(3-4-18)11-26-17(25)14-2-8-23(9-19(14)5-6-19)16-13-1-7-20-15(13)21-12-22-16/h1,7,12,14,24H,2-6,8-11H2,(H,20,21,22)/t14-/m1/s1. The van der Waals surface area contributed by atoms with Crippen molar-refractivity contribution in [3.8, 4) is 0 Å². The van der Waals surface area contributed by atoms with E-state index in [2.05, 4.69) is 19.9 Å². The molecule has 0 bridgehead atoms. The fourth-order valence-electron chi connectivity index (χ4n) is 4.34. The summed E-state index contributed by atoms with van der Waals surface area (Å²) in [7, 11) is 0. The van der Waals surface area contributed by atoms with Gasteiger partial charge in [-0.25, -0.2) is 9.97 Å². The highest BCUT2D eigenvalue weighted by Gasteiger charge is 2.56. The van der Waals surface area contributed by atoms with Crippen LogP contribution in [0.25, 0.3) is 11.0 Å². The Morgan fingerprint density at radius 2 is 2.19 bits per heavy atom. The van der Waals surface area contributed by atoms with Crippen LogP contribution in [-0.2, 0) is 9.53 Å². The van der Waals surface area contributed by atoms with Gasteiger partial charge in [-0.05, 0) is 38.2 Å². The normalized spacial score (nSPS) is 25.4. The Morgan fingerprint density at radius 1 is 1.35 bits per heavy atom. The molecule has 3 heterocycles. The van der Waals surface area contributed by atoms with Gasteiger partial charge in [0.25, 0.3) is 0 Å². The number of aromatic amines is 1. The van der Waals surface area contributed by atoms with Crippen LogP contribution in [0.1, 0.15) is 32.1 Å². The van der Waals surface area contributed by atoms with E-state index in [0.717, 1.165) is 62.0 Å². The Balaban J connectivity index is 1.30. The molecule has 3 aliphatic rings. The maximum Gasteiger partial charge on any atom is 0.309 e. The minimum absolute atomic E-state index is 0.0266. The minimum atomic E-state index is -0.145. The van der Waals surface area contributed by atoms with Crippen molar-refractivity contribution < 1.29 is 14.6 Å². The minimum Gasteiger partial charge on any atom is -0.465 e. The molecule has 0 radical (unpaired) electrons. The lowest BCUT2D eigenvalue weighted by atomic mass is 9.82. The van der Waals surface area contributed by atoms with E-state index in [0.29, 0.717) is 6.61 Å². The van der Waals surface area contributed by atoms with Gasteiger partial charge in [-0.3, -0.25) is 4.79 Å². The molecule has 0 amide bonds. The second-order valence-corrected chi connectivity index (χ2v) is 8.33. The fourth-order valence-corrected chi connectivity index (χ4v) is 4.34. The molecular weight excluding hydrogens is 332 g/mol. The molecule has 2 saturated carbocycles. The van der Waals surface area contributed by atoms with Gasteiger partial charge in [-0.15, -0.1) is 0 Å². The number of ether oxygens (including phenoxy) is 1. The van der Waals surface area contributed by atoms with E-state index in [1.807, 2.05) is 12.3 Å². The molecule has 7 heteroatoms. The lowest BCUT2D eigenvalue weighted by Crippen LogP contribution is -2.45. The highest BCUT2D eigenvalue weighted by molar-refractivity contribution is 5.87. The zero-order valence-corrected chi connectivity index (χ0v) is 14.8. The molecule has 7 nitrogen and oxygen atoms in total. The third-order valence-electron chi connectivity index (χ3n) is 6.55. The number of carbonyl (C=O) groups is 1. The van der Waals surface area contributed by atoms with Gasteiger partial charge in [0.1, 0.15) is 17.8 Å². The molecule has 1 atom stereocenters. The van der Waals surface area contributed by atoms with Gasteiger partial charge in [0.2, 0.25) is 0 Å². The molecule has 138 valence electrons. The van der Waals surface area contributed by atoms with Crippen molar-refractivity contribution in [2.24, 2.45) is 16.7 Å². The Hall–Kier alpha value is -2.15. The van der Waals surface area contributed by atoms with Crippen LogP contribution < -0.4 is 4.90 Å². The average Bonchev–Trinajstić information content (AvgIpc) is 3.57. The second-order valence-electron chi connectivity index (χ2n) is 8.33. The number of hydrogen-bond acceptors (Lipinski definition) is 6. The molecule has 1 aliphatic heterocycles. The predicted molar refractivity (Wildman–Crippen MR) is 95.6 cm³/mol. The van der Waals surface area contributed by atoms with Gasteiger partial charge < -0.3 is 19.7 Å². The molecule has 26 heavy (non-hydrogen) atoms. The van der Waals surface area contributed by atoms with Crippen LogP contribution in [0.4, 0.5) is 5.82 Å². The Bertz CT molecular complexity index is 840. The number of esters is 1. The monoisotopic (exact) mass is 356 g/mol. The number of nitrogens with one attached hydrogen (secondary N) is 1. The van der Waals surface area contributed by atoms with E-state index in [-0.39, 0.29) is 29.3 Å². The van der Waals surface area contributed by atoms with Gasteiger partial charge in [0.05, 0.1) is 24.5 Å². The first kappa shape index (κ1) is 16.1. The molecule has 2 aromatic rings. The van der Waals surface area contributed by atoms with Gasteiger partial charge in [-0.2, -0.15) is 0 Å². The number of nitrogens with zero attached hydrogens (tertiary/aromatic N) is 3. The van der Waals surface area contributed by atoms with E-state index < -0.39 is 0 Å². The summed E-state index contributed by atoms with van der Waals surface area (Å²) in [5.74, 6) is 0.847. The van der Waals surface area contributed by atoms with Crippen molar-refractivity contribution in [3.63, 3.8) is 0 Å². The van der Waals surface area contributed by atoms with Crippen molar-refractivity contribution in [2.75, 3.05) is 31.2 Å². The summed E-state index contributed by atoms with van der Waals surface area (Å²) in [6.45, 7) is 2.12. The molecule has 2 aliphatic carbocycles. The van der Waals surface area contributed by atoms with E-state index >= 15 is 0 Å². The number of rotatable bonds is 5. The van der Waals surface area contributed by atoms with Crippen LogP contribution >= 0.6 is 0 Å². The number of piperidine rings is 1. The Kier molecular flexibility index (Phi) is 3.50. The zero-order chi connectivity index (χ0) is 17.8. The second kappa shape index (κ2) is 5.67. The zero-order valence-electron chi connectivity index (χ0n) is 14.8. The number of aliphatic hydroxyl groups is 1. The maximum atomic E-state index is 12.7. The lowest BCUT2D eigenvalue weighted by Gasteiger charge is -2.38. The molecule has 1 saturated heterocycles. The van der Waals surface area contributed by atoms with Crippen molar-refractivity contribution >= 4 is 22.8 Å². The molecule has 2 aromatic heterocycles. The number of aromatic nitrogens is 3. The molecule has 0 aromatic carbocycles. The smallest absolute Gasteiger partial charge is 0.309 e. The lowest BCUT2D eigenvalue weighted by molar-refractivity contribution is -0.154. The molecule has 0 unspecified atom stereocenters. The van der Waals surface area contributed by atoms with E-state index in [1.165, 1.54) is 0 Å². The van der Waals surface area contributed by atoms with Gasteiger partial charge in [0, 0.05) is 30.1 Å². The average molecular weight is 356 g/mol. The van der Waals surface area contributed by atoms with E-state index in [1.54, 1.807) is 6.33 Å². The van der Waals surface area contributed by atoms with Crippen molar-refractivity contribution in [3.05, 3.63) is 18.6 Å². The summed E-state index contributed by atoms with van der Waals surface area (Å²) in [5.41, 5.74) is 0.729. The summed E-state index contributed by atoms with van der Waals surface area (Å²) >= 11 is 0. The fraction of sp³-hybridized carbons (Fsp3) is 0.632. The topological polar surface area (TPSA) is 91.3 Å². The number of aliphatic hydroxyl groups excluding tert-OH is 1. The van der Waals surface area contributed by atoms with Crippen LogP contribution in [0.15, 0.2) is 18.6 Å². The van der Waals surface area contributed by atoms with Crippen LogP contribution in [0.3, 0.4) is 0 Å². The van der Waals surface area contributed by atoms with Crippen LogP contribution in [0.2, 0.25) is 0 Å². The number of H-pyrrole nitrogens is 1. The van der Waals surface area contributed by atoms with Crippen LogP contribution in [0, 0.1) is 16.7 Å². The first-order valence-electron chi connectivity index (χ1n) is 9.45. The Morgan fingerprint density at radius 3 is 2.92 bits per heavy atom. The van der Waals surface area contributed by atoms with Crippen molar-refractivity contribution in [1.29, 1.82) is 0 Å². The molecular formula is C19H24N4O3. The van der Waals surface area contributed by atoms with Crippen LogP contribution in [0.5, 0.6) is 0 Å². The molecule has 3 fully saturated rings. The molecule has 5 rings (SSSR count). The van der Waals surface area contributed by atoms with E-state index in [9.17, 15) is 9.90 Å². The first-order chi connectivity index (χ1) is 12.6. The van der Waals surface area contributed by atoms with Crippen LogP contribution in [-0.4, -0.2) is 52.3 Å². The van der Waals surface area contributed by atoms with Gasteiger partial charge >= 0.3 is 5.97 Å². The maximum absolute atomic E-state index is 12.7. The van der Waals surface area contributed by atoms with E-state index in [4.69, 9.17) is 4.74 Å². The number of carbonyl (C=O) groups excluding carboxylic acids is 1. The molecule has 1 spiro atoms. The summed E-state index contributed by atoms with van der Waals surface area (Å²) in [6.07, 6.45) is 8.32. The predicted octanol–water partition coefficient (Wildman–Crippen LogP) is 1.88. The summed E-state index contributed by atoms with van der Waals surface area (Å²) < 4.78 is 5.63. The summed E-state index contributed by atoms with van der Waals surface area (Å²) in [6, 6.07) is 2.01. The third-order valence-corrected chi connectivity index (χ3v) is 6.55.